The van der Waals surface area contributed by atoms with E-state index in [1.807, 2.05) is 0 Å². The molecular formula is C22H27ClN2O5S. The Morgan fingerprint density at radius 1 is 1.13 bits per heavy atom. The fraction of sp³-hybridized carbons (Fsp3) is 0.364. The van der Waals surface area contributed by atoms with Gasteiger partial charge in [-0.1, -0.05) is 35.9 Å². The summed E-state index contributed by atoms with van der Waals surface area (Å²) in [5.41, 5.74) is 0.641. The summed E-state index contributed by atoms with van der Waals surface area (Å²) >= 11 is 6.26. The van der Waals surface area contributed by atoms with E-state index in [0.29, 0.717) is 16.1 Å². The largest absolute Gasteiger partial charge is 0.469 e. The summed E-state index contributed by atoms with van der Waals surface area (Å²) in [7, 11) is -2.57. The zero-order valence-electron chi connectivity index (χ0n) is 18.2. The first kappa shape index (κ1) is 24.8. The van der Waals surface area contributed by atoms with Crippen molar-refractivity contribution < 1.29 is 22.7 Å². The number of aryl methyl sites for hydroxylation is 1. The summed E-state index contributed by atoms with van der Waals surface area (Å²) in [4.78, 5) is 25.0. The third kappa shape index (κ3) is 6.78. The lowest BCUT2D eigenvalue weighted by molar-refractivity contribution is -0.141. The number of amides is 1. The van der Waals surface area contributed by atoms with Crippen LogP contribution in [0, 0.1) is 6.92 Å². The van der Waals surface area contributed by atoms with E-state index >= 15 is 0 Å². The molecule has 0 bridgehead atoms. The van der Waals surface area contributed by atoms with Gasteiger partial charge in [0.25, 0.3) is 5.91 Å². The maximum Gasteiger partial charge on any atom is 0.307 e. The molecule has 0 radical (unpaired) electrons. The third-order valence-corrected chi connectivity index (χ3v) is 6.49. The summed E-state index contributed by atoms with van der Waals surface area (Å²) in [5.74, 6) is -1.05. The van der Waals surface area contributed by atoms with Crippen LogP contribution in [0.2, 0.25) is 5.02 Å². The average molecular weight is 467 g/mol. The van der Waals surface area contributed by atoms with Crippen molar-refractivity contribution >= 4 is 33.5 Å². The molecule has 2 aromatic carbocycles. The van der Waals surface area contributed by atoms with Gasteiger partial charge < -0.3 is 10.1 Å². The molecule has 0 saturated carbocycles. The standard InChI is InChI=1S/C22H27ClN2O5S/c1-14-10-11-15(31(28,29)25-22(2,3)4)12-17(14)21(27)24-19(13-20(26)30-5)16-8-6-7-9-18(16)23/h6-12,19,25H,13H2,1-5H3,(H,24,27). The van der Waals surface area contributed by atoms with Gasteiger partial charge in [0.15, 0.2) is 0 Å². The third-order valence-electron chi connectivity index (χ3n) is 4.39. The highest BCUT2D eigenvalue weighted by Crippen LogP contribution is 2.26. The zero-order valence-corrected chi connectivity index (χ0v) is 19.7. The molecular weight excluding hydrogens is 440 g/mol. The molecule has 0 heterocycles. The van der Waals surface area contributed by atoms with Crippen LogP contribution in [0.1, 0.15) is 54.7 Å². The molecule has 0 aromatic heterocycles. The Kier molecular flexibility index (Phi) is 7.86. The van der Waals surface area contributed by atoms with Gasteiger partial charge in [-0.05, 0) is 57.0 Å². The molecule has 0 spiro atoms. The van der Waals surface area contributed by atoms with Crippen molar-refractivity contribution in [2.24, 2.45) is 0 Å². The van der Waals surface area contributed by atoms with Gasteiger partial charge in [-0.25, -0.2) is 13.1 Å². The van der Waals surface area contributed by atoms with Gasteiger partial charge in [-0.3, -0.25) is 9.59 Å². The number of rotatable bonds is 7. The fourth-order valence-electron chi connectivity index (χ4n) is 2.96. The molecule has 1 unspecified atom stereocenters. The lowest BCUT2D eigenvalue weighted by Gasteiger charge is -2.22. The van der Waals surface area contributed by atoms with Crippen LogP contribution in [0.3, 0.4) is 0 Å². The molecule has 0 aliphatic carbocycles. The Morgan fingerprint density at radius 2 is 1.77 bits per heavy atom. The quantitative estimate of drug-likeness (QED) is 0.605. The maximum atomic E-state index is 13.1. The number of ether oxygens (including phenoxy) is 1. The Hall–Kier alpha value is -2.42. The number of halogens is 1. The molecule has 2 N–H and O–H groups in total. The Bertz CT molecular complexity index is 1080. The molecule has 1 atom stereocenters. The number of benzene rings is 2. The molecule has 0 aliphatic heterocycles. The number of hydrogen-bond donors (Lipinski definition) is 2. The van der Waals surface area contributed by atoms with Gasteiger partial charge >= 0.3 is 5.97 Å². The number of nitrogens with one attached hydrogen (secondary N) is 2. The number of carbonyl (C=O) groups excluding carboxylic acids is 2. The summed E-state index contributed by atoms with van der Waals surface area (Å²) in [6.45, 7) is 6.89. The van der Waals surface area contributed by atoms with Crippen LogP contribution in [0.4, 0.5) is 0 Å². The second kappa shape index (κ2) is 9.80. The van der Waals surface area contributed by atoms with Crippen molar-refractivity contribution in [3.8, 4) is 0 Å². The van der Waals surface area contributed by atoms with Crippen molar-refractivity contribution in [1.29, 1.82) is 0 Å². The van der Waals surface area contributed by atoms with Crippen molar-refractivity contribution in [2.75, 3.05) is 7.11 Å². The van der Waals surface area contributed by atoms with Crippen molar-refractivity contribution in [2.45, 2.75) is 50.6 Å². The van der Waals surface area contributed by atoms with Gasteiger partial charge in [0, 0.05) is 16.1 Å². The molecule has 0 fully saturated rings. The van der Waals surface area contributed by atoms with Crippen LogP contribution in [0.25, 0.3) is 0 Å². The number of esters is 1. The lowest BCUT2D eigenvalue weighted by Crippen LogP contribution is -2.40. The van der Waals surface area contributed by atoms with Gasteiger partial charge in [0.2, 0.25) is 10.0 Å². The minimum Gasteiger partial charge on any atom is -0.469 e. The zero-order chi connectivity index (χ0) is 23.4. The molecule has 2 rings (SSSR count). The highest BCUT2D eigenvalue weighted by molar-refractivity contribution is 7.89. The summed E-state index contributed by atoms with van der Waals surface area (Å²) < 4.78 is 32.7. The normalized spacial score (nSPS) is 12.8. The monoisotopic (exact) mass is 466 g/mol. The number of carbonyl (C=O) groups is 2. The molecule has 0 aliphatic rings. The van der Waals surface area contributed by atoms with Crippen LogP contribution < -0.4 is 10.0 Å². The number of sulfonamides is 1. The highest BCUT2D eigenvalue weighted by Gasteiger charge is 2.26. The second-order valence-corrected chi connectivity index (χ2v) is 10.2. The van der Waals surface area contributed by atoms with Crippen molar-refractivity contribution in [3.63, 3.8) is 0 Å². The van der Waals surface area contributed by atoms with E-state index in [4.69, 9.17) is 16.3 Å². The molecule has 31 heavy (non-hydrogen) atoms. The molecule has 7 nitrogen and oxygen atoms in total. The first-order chi connectivity index (χ1) is 14.3. The fourth-order valence-corrected chi connectivity index (χ4v) is 4.67. The predicted molar refractivity (Wildman–Crippen MR) is 120 cm³/mol. The van der Waals surface area contributed by atoms with Crippen LogP contribution >= 0.6 is 11.6 Å². The Morgan fingerprint density at radius 3 is 2.35 bits per heavy atom. The second-order valence-electron chi connectivity index (χ2n) is 8.16. The van der Waals surface area contributed by atoms with Gasteiger partial charge in [0.1, 0.15) is 0 Å². The van der Waals surface area contributed by atoms with E-state index in [1.54, 1.807) is 58.0 Å². The van der Waals surface area contributed by atoms with Crippen LogP contribution in [0.5, 0.6) is 0 Å². The van der Waals surface area contributed by atoms with Crippen LogP contribution in [0.15, 0.2) is 47.4 Å². The van der Waals surface area contributed by atoms with E-state index < -0.39 is 33.5 Å². The molecule has 9 heteroatoms. The van der Waals surface area contributed by atoms with E-state index in [2.05, 4.69) is 10.0 Å². The Labute approximate surface area is 188 Å². The van der Waals surface area contributed by atoms with E-state index in [0.717, 1.165) is 0 Å². The molecule has 1 amide bonds. The predicted octanol–water partition coefficient (Wildman–Crippen LogP) is 3.76. The first-order valence-electron chi connectivity index (χ1n) is 9.61. The van der Waals surface area contributed by atoms with Crippen LogP contribution in [-0.2, 0) is 19.6 Å². The maximum absolute atomic E-state index is 13.1. The van der Waals surface area contributed by atoms with Gasteiger partial charge in [-0.2, -0.15) is 0 Å². The van der Waals surface area contributed by atoms with Gasteiger partial charge in [-0.15, -0.1) is 0 Å². The molecule has 168 valence electrons. The van der Waals surface area contributed by atoms with E-state index in [1.165, 1.54) is 19.2 Å². The van der Waals surface area contributed by atoms with Crippen molar-refractivity contribution in [1.82, 2.24) is 10.0 Å². The topological polar surface area (TPSA) is 102 Å². The minimum atomic E-state index is -3.83. The summed E-state index contributed by atoms with van der Waals surface area (Å²) in [6.07, 6.45) is -0.130. The van der Waals surface area contributed by atoms with E-state index in [9.17, 15) is 18.0 Å². The smallest absolute Gasteiger partial charge is 0.307 e. The Balaban J connectivity index is 2.40. The first-order valence-corrected chi connectivity index (χ1v) is 11.5. The lowest BCUT2D eigenvalue weighted by atomic mass is 10.0. The van der Waals surface area contributed by atoms with Crippen molar-refractivity contribution in [3.05, 3.63) is 64.2 Å². The molecule has 2 aromatic rings. The van der Waals surface area contributed by atoms with E-state index in [-0.39, 0.29) is 16.9 Å². The summed E-state index contributed by atoms with van der Waals surface area (Å²) in [6, 6.07) is 10.4. The SMILES string of the molecule is COC(=O)CC(NC(=O)c1cc(S(=O)(=O)NC(C)(C)C)ccc1C)c1ccccc1Cl. The molecule has 0 saturated heterocycles. The number of hydrogen-bond acceptors (Lipinski definition) is 5. The highest BCUT2D eigenvalue weighted by atomic mass is 35.5. The summed E-state index contributed by atoms with van der Waals surface area (Å²) in [5, 5.41) is 3.17. The van der Waals surface area contributed by atoms with Crippen LogP contribution in [-0.4, -0.2) is 32.9 Å². The number of methoxy groups -OCH3 is 1. The minimum absolute atomic E-state index is 0.0274. The van der Waals surface area contributed by atoms with Gasteiger partial charge in [0.05, 0.1) is 24.5 Å². The average Bonchev–Trinajstić information content (AvgIpc) is 2.66.